The summed E-state index contributed by atoms with van der Waals surface area (Å²) in [7, 11) is -1.81. The van der Waals surface area contributed by atoms with Gasteiger partial charge in [0, 0.05) is 24.9 Å². The maximum atomic E-state index is 12.6. The van der Waals surface area contributed by atoms with E-state index in [2.05, 4.69) is 0 Å². The third-order valence-corrected chi connectivity index (χ3v) is 5.12. The molecule has 0 atom stereocenters. The Balaban J connectivity index is 2.31. The molecule has 23 heavy (non-hydrogen) atoms. The van der Waals surface area contributed by atoms with E-state index in [4.69, 9.17) is 23.2 Å². The monoisotopic (exact) mass is 371 g/mol. The van der Waals surface area contributed by atoms with Gasteiger partial charge in [0.05, 0.1) is 15.5 Å². The fraction of sp³-hybridized carbons (Fsp3) is 0.188. The van der Waals surface area contributed by atoms with Gasteiger partial charge in [0.15, 0.2) is 9.84 Å². The standard InChI is InChI=1S/C16H15Cl2NO3S/c1-19(10-11-5-3-4-6-14(11)17)16(20)13-9-12(23(2,21)22)7-8-15(13)18/h3-9H,10H2,1-2H3. The zero-order chi connectivity index (χ0) is 17.2. The Labute approximate surface area is 145 Å². The Morgan fingerprint density at radius 3 is 2.35 bits per heavy atom. The van der Waals surface area contributed by atoms with E-state index < -0.39 is 9.84 Å². The number of hydrogen-bond acceptors (Lipinski definition) is 3. The first-order chi connectivity index (χ1) is 10.7. The summed E-state index contributed by atoms with van der Waals surface area (Å²) in [5.41, 5.74) is 0.935. The van der Waals surface area contributed by atoms with Crippen LogP contribution in [0.3, 0.4) is 0 Å². The van der Waals surface area contributed by atoms with Crippen molar-refractivity contribution in [1.82, 2.24) is 4.90 Å². The van der Waals surface area contributed by atoms with E-state index in [1.54, 1.807) is 19.2 Å². The van der Waals surface area contributed by atoms with Gasteiger partial charge in [-0.2, -0.15) is 0 Å². The van der Waals surface area contributed by atoms with Crippen molar-refractivity contribution in [3.05, 3.63) is 63.6 Å². The molecule has 7 heteroatoms. The maximum absolute atomic E-state index is 12.6. The highest BCUT2D eigenvalue weighted by Crippen LogP contribution is 2.23. The van der Waals surface area contributed by atoms with E-state index in [9.17, 15) is 13.2 Å². The summed E-state index contributed by atoms with van der Waals surface area (Å²) < 4.78 is 23.3. The van der Waals surface area contributed by atoms with Crippen molar-refractivity contribution >= 4 is 38.9 Å². The zero-order valence-corrected chi connectivity index (χ0v) is 14.9. The molecule has 0 aromatic heterocycles. The lowest BCUT2D eigenvalue weighted by molar-refractivity contribution is 0.0785. The number of carbonyl (C=O) groups is 1. The van der Waals surface area contributed by atoms with Crippen molar-refractivity contribution < 1.29 is 13.2 Å². The number of nitrogens with zero attached hydrogens (tertiary/aromatic N) is 1. The summed E-state index contributed by atoms with van der Waals surface area (Å²) in [5.74, 6) is -0.375. The molecule has 0 aliphatic heterocycles. The molecule has 0 aliphatic rings. The van der Waals surface area contributed by atoms with Gasteiger partial charge in [-0.3, -0.25) is 4.79 Å². The quantitative estimate of drug-likeness (QED) is 0.823. The van der Waals surface area contributed by atoms with Crippen LogP contribution in [-0.4, -0.2) is 32.5 Å². The topological polar surface area (TPSA) is 54.5 Å². The smallest absolute Gasteiger partial charge is 0.255 e. The minimum Gasteiger partial charge on any atom is -0.337 e. The summed E-state index contributed by atoms with van der Waals surface area (Å²) in [6.45, 7) is 0.290. The second-order valence-electron chi connectivity index (χ2n) is 5.17. The minimum atomic E-state index is -3.42. The minimum absolute atomic E-state index is 0.0522. The van der Waals surface area contributed by atoms with Crippen molar-refractivity contribution in [3.63, 3.8) is 0 Å². The van der Waals surface area contributed by atoms with E-state index in [1.807, 2.05) is 12.1 Å². The fourth-order valence-corrected chi connectivity index (χ4v) is 3.10. The van der Waals surface area contributed by atoms with Gasteiger partial charge in [-0.15, -0.1) is 0 Å². The Morgan fingerprint density at radius 1 is 1.09 bits per heavy atom. The molecule has 0 fully saturated rings. The molecule has 1 amide bonds. The molecule has 0 saturated heterocycles. The van der Waals surface area contributed by atoms with Gasteiger partial charge in [-0.05, 0) is 29.8 Å². The third kappa shape index (κ3) is 4.25. The van der Waals surface area contributed by atoms with Crippen LogP contribution < -0.4 is 0 Å². The molecular weight excluding hydrogens is 357 g/mol. The van der Waals surface area contributed by atoms with Gasteiger partial charge in [0.1, 0.15) is 0 Å². The summed E-state index contributed by atoms with van der Waals surface area (Å²) in [4.78, 5) is 14.1. The molecule has 0 aliphatic carbocycles. The maximum Gasteiger partial charge on any atom is 0.255 e. The summed E-state index contributed by atoms with van der Waals surface area (Å²) >= 11 is 12.1. The van der Waals surface area contributed by atoms with Gasteiger partial charge in [0.25, 0.3) is 5.91 Å². The first kappa shape index (κ1) is 17.8. The van der Waals surface area contributed by atoms with E-state index in [0.29, 0.717) is 5.02 Å². The number of amides is 1. The first-order valence-electron chi connectivity index (χ1n) is 6.68. The number of sulfone groups is 1. The second kappa shape index (κ2) is 6.91. The van der Waals surface area contributed by atoms with Crippen LogP contribution in [0.25, 0.3) is 0 Å². The van der Waals surface area contributed by atoms with E-state index in [1.165, 1.54) is 23.1 Å². The fourth-order valence-electron chi connectivity index (χ4n) is 2.06. The van der Waals surface area contributed by atoms with Crippen molar-refractivity contribution in [1.29, 1.82) is 0 Å². The van der Waals surface area contributed by atoms with Gasteiger partial charge in [-0.1, -0.05) is 41.4 Å². The first-order valence-corrected chi connectivity index (χ1v) is 9.33. The summed E-state index contributed by atoms with van der Waals surface area (Å²) in [6, 6.07) is 11.3. The van der Waals surface area contributed by atoms with Crippen LogP contribution >= 0.6 is 23.2 Å². The molecule has 0 spiro atoms. The number of benzene rings is 2. The molecular formula is C16H15Cl2NO3S. The molecule has 0 radical (unpaired) electrons. The lowest BCUT2D eigenvalue weighted by Gasteiger charge is -2.19. The summed E-state index contributed by atoms with van der Waals surface area (Å²) in [5, 5.41) is 0.761. The van der Waals surface area contributed by atoms with Gasteiger partial charge in [0.2, 0.25) is 0 Å². The van der Waals surface area contributed by atoms with Crippen molar-refractivity contribution in [2.45, 2.75) is 11.4 Å². The average Bonchev–Trinajstić information content (AvgIpc) is 2.48. The normalized spacial score (nSPS) is 11.3. The van der Waals surface area contributed by atoms with Crippen molar-refractivity contribution in [3.8, 4) is 0 Å². The largest absolute Gasteiger partial charge is 0.337 e. The van der Waals surface area contributed by atoms with Crippen molar-refractivity contribution in [2.24, 2.45) is 0 Å². The molecule has 0 bridgehead atoms. The molecule has 0 heterocycles. The molecule has 0 N–H and O–H groups in total. The van der Waals surface area contributed by atoms with E-state index in [0.717, 1.165) is 11.8 Å². The van der Waals surface area contributed by atoms with Gasteiger partial charge in [-0.25, -0.2) is 8.42 Å². The van der Waals surface area contributed by atoms with Gasteiger partial charge >= 0.3 is 0 Å². The lowest BCUT2D eigenvalue weighted by Crippen LogP contribution is -2.26. The van der Waals surface area contributed by atoms with Crippen LogP contribution in [0.5, 0.6) is 0 Å². The van der Waals surface area contributed by atoms with E-state index >= 15 is 0 Å². The molecule has 2 rings (SSSR count). The highest BCUT2D eigenvalue weighted by Gasteiger charge is 2.19. The van der Waals surface area contributed by atoms with Crippen molar-refractivity contribution in [2.75, 3.05) is 13.3 Å². The highest BCUT2D eigenvalue weighted by molar-refractivity contribution is 7.90. The Morgan fingerprint density at radius 2 is 1.74 bits per heavy atom. The summed E-state index contributed by atoms with van der Waals surface area (Å²) in [6.07, 6.45) is 1.08. The third-order valence-electron chi connectivity index (χ3n) is 3.31. The van der Waals surface area contributed by atoms with Crippen LogP contribution in [-0.2, 0) is 16.4 Å². The Hall–Kier alpha value is -1.56. The molecule has 4 nitrogen and oxygen atoms in total. The highest BCUT2D eigenvalue weighted by atomic mass is 35.5. The Bertz CT molecular complexity index is 850. The molecule has 0 saturated carbocycles. The molecule has 2 aromatic rings. The van der Waals surface area contributed by atoms with Crippen LogP contribution in [0.15, 0.2) is 47.4 Å². The van der Waals surface area contributed by atoms with Gasteiger partial charge < -0.3 is 4.90 Å². The van der Waals surface area contributed by atoms with E-state index in [-0.39, 0.29) is 27.9 Å². The van der Waals surface area contributed by atoms with Crippen LogP contribution in [0.1, 0.15) is 15.9 Å². The number of rotatable bonds is 4. The predicted octanol–water partition coefficient (Wildman–Crippen LogP) is 3.67. The SMILES string of the molecule is CN(Cc1ccccc1Cl)C(=O)c1cc(S(C)(=O)=O)ccc1Cl. The number of hydrogen-bond donors (Lipinski definition) is 0. The average molecular weight is 372 g/mol. The Kier molecular flexibility index (Phi) is 5.34. The number of halogens is 2. The molecule has 122 valence electrons. The predicted molar refractivity (Wildman–Crippen MR) is 91.8 cm³/mol. The lowest BCUT2D eigenvalue weighted by atomic mass is 10.1. The van der Waals surface area contributed by atoms with Crippen LogP contribution in [0.2, 0.25) is 10.0 Å². The number of carbonyl (C=O) groups excluding carboxylic acids is 1. The van der Waals surface area contributed by atoms with Crippen LogP contribution in [0.4, 0.5) is 0 Å². The zero-order valence-electron chi connectivity index (χ0n) is 12.6. The molecule has 2 aromatic carbocycles. The second-order valence-corrected chi connectivity index (χ2v) is 8.00. The van der Waals surface area contributed by atoms with Crippen LogP contribution in [0, 0.1) is 0 Å². The molecule has 0 unspecified atom stereocenters.